The number of amides is 1. The van der Waals surface area contributed by atoms with Gasteiger partial charge in [-0.15, -0.1) is 5.10 Å². The van der Waals surface area contributed by atoms with E-state index in [9.17, 15) is 4.79 Å². The minimum Gasteiger partial charge on any atom is -0.341 e. The van der Waals surface area contributed by atoms with Gasteiger partial charge in [-0.25, -0.2) is 4.68 Å². The molecule has 1 aromatic heterocycles. The first-order valence-electron chi connectivity index (χ1n) is 4.97. The molecule has 1 unspecified atom stereocenters. The first kappa shape index (κ1) is 10.1. The van der Waals surface area contributed by atoms with Crippen LogP contribution in [0.5, 0.6) is 0 Å². The minimum absolute atomic E-state index is 0.0536. The molecule has 0 aromatic carbocycles. The van der Waals surface area contributed by atoms with Crippen molar-refractivity contribution in [1.29, 1.82) is 0 Å². The number of hydrogen-bond donors (Lipinski definition) is 0. The standard InChI is InChI=1S/C9H15N5O/c1-9(2)4-7(9)13(3)8(15)5-14-6-10-11-12-14/h6-7H,4-5H2,1-3H3. The summed E-state index contributed by atoms with van der Waals surface area (Å²) in [5, 5.41) is 10.6. The van der Waals surface area contributed by atoms with E-state index in [1.165, 1.54) is 11.0 Å². The van der Waals surface area contributed by atoms with E-state index in [0.717, 1.165) is 6.42 Å². The van der Waals surface area contributed by atoms with Crippen LogP contribution < -0.4 is 0 Å². The zero-order valence-electron chi connectivity index (χ0n) is 9.21. The van der Waals surface area contributed by atoms with Crippen LogP contribution in [0.1, 0.15) is 20.3 Å². The fourth-order valence-corrected chi connectivity index (χ4v) is 1.78. The van der Waals surface area contributed by atoms with Crippen molar-refractivity contribution in [3.8, 4) is 0 Å². The minimum atomic E-state index is 0.0536. The van der Waals surface area contributed by atoms with Crippen LogP contribution in [-0.2, 0) is 11.3 Å². The van der Waals surface area contributed by atoms with Crippen LogP contribution >= 0.6 is 0 Å². The Labute approximate surface area is 88.2 Å². The highest BCUT2D eigenvalue weighted by Gasteiger charge is 2.49. The van der Waals surface area contributed by atoms with E-state index >= 15 is 0 Å². The normalized spacial score (nSPS) is 22.5. The van der Waals surface area contributed by atoms with Crippen molar-refractivity contribution >= 4 is 5.91 Å². The van der Waals surface area contributed by atoms with Gasteiger partial charge in [0.05, 0.1) is 0 Å². The van der Waals surface area contributed by atoms with Gasteiger partial charge < -0.3 is 4.90 Å². The molecule has 0 spiro atoms. The van der Waals surface area contributed by atoms with Gasteiger partial charge in [0.2, 0.25) is 5.91 Å². The van der Waals surface area contributed by atoms with Crippen LogP contribution in [0.3, 0.4) is 0 Å². The molecule has 1 aliphatic carbocycles. The number of hydrogen-bond acceptors (Lipinski definition) is 4. The molecule has 1 amide bonds. The second kappa shape index (κ2) is 3.29. The Morgan fingerprint density at radius 2 is 2.33 bits per heavy atom. The van der Waals surface area contributed by atoms with Gasteiger partial charge in [0.1, 0.15) is 12.9 Å². The number of carbonyl (C=O) groups excluding carboxylic acids is 1. The average molecular weight is 209 g/mol. The summed E-state index contributed by atoms with van der Waals surface area (Å²) in [6.45, 7) is 4.55. The third-order valence-corrected chi connectivity index (χ3v) is 3.01. The number of tetrazole rings is 1. The monoisotopic (exact) mass is 209 g/mol. The maximum absolute atomic E-state index is 11.8. The zero-order chi connectivity index (χ0) is 11.1. The molecule has 1 aliphatic rings. The zero-order valence-corrected chi connectivity index (χ0v) is 9.21. The van der Waals surface area contributed by atoms with Crippen LogP contribution in [0.4, 0.5) is 0 Å². The second-order valence-electron chi connectivity index (χ2n) is 4.72. The quantitative estimate of drug-likeness (QED) is 0.699. The Balaban J connectivity index is 1.92. The largest absolute Gasteiger partial charge is 0.341 e. The molecule has 1 saturated carbocycles. The number of carbonyl (C=O) groups is 1. The molecule has 0 radical (unpaired) electrons. The first-order valence-corrected chi connectivity index (χ1v) is 4.97. The predicted molar refractivity (Wildman–Crippen MR) is 52.8 cm³/mol. The maximum atomic E-state index is 11.8. The lowest BCUT2D eigenvalue weighted by atomic mass is 10.2. The molecular formula is C9H15N5O. The van der Waals surface area contributed by atoms with Gasteiger partial charge >= 0.3 is 0 Å². The van der Waals surface area contributed by atoms with E-state index in [1.54, 1.807) is 4.90 Å². The van der Waals surface area contributed by atoms with E-state index in [-0.39, 0.29) is 17.9 Å². The third kappa shape index (κ3) is 1.98. The highest BCUT2D eigenvalue weighted by molar-refractivity contribution is 5.76. The third-order valence-electron chi connectivity index (χ3n) is 3.01. The second-order valence-corrected chi connectivity index (χ2v) is 4.72. The number of rotatable bonds is 3. The van der Waals surface area contributed by atoms with Crippen LogP contribution in [0.15, 0.2) is 6.33 Å². The Hall–Kier alpha value is -1.46. The smallest absolute Gasteiger partial charge is 0.244 e. The molecule has 6 nitrogen and oxygen atoms in total. The predicted octanol–water partition coefficient (Wildman–Crippen LogP) is -0.0700. The molecule has 2 rings (SSSR count). The topological polar surface area (TPSA) is 63.9 Å². The van der Waals surface area contributed by atoms with Gasteiger partial charge in [0.25, 0.3) is 0 Å². The van der Waals surface area contributed by atoms with Crippen molar-refractivity contribution < 1.29 is 4.79 Å². The van der Waals surface area contributed by atoms with Gasteiger partial charge in [0.15, 0.2) is 0 Å². The molecule has 0 aliphatic heterocycles. The van der Waals surface area contributed by atoms with Crippen molar-refractivity contribution in [3.05, 3.63) is 6.33 Å². The van der Waals surface area contributed by atoms with Crippen LogP contribution in [0.25, 0.3) is 0 Å². The van der Waals surface area contributed by atoms with Gasteiger partial charge in [-0.05, 0) is 22.3 Å². The summed E-state index contributed by atoms with van der Waals surface area (Å²) in [6.07, 6.45) is 2.52. The van der Waals surface area contributed by atoms with Crippen molar-refractivity contribution in [1.82, 2.24) is 25.1 Å². The molecule has 0 bridgehead atoms. The fourth-order valence-electron chi connectivity index (χ4n) is 1.78. The number of likely N-dealkylation sites (N-methyl/N-ethyl adjacent to an activating group) is 1. The molecular weight excluding hydrogens is 194 g/mol. The molecule has 82 valence electrons. The molecule has 1 atom stereocenters. The van der Waals surface area contributed by atoms with Crippen LogP contribution in [0, 0.1) is 5.41 Å². The lowest BCUT2D eigenvalue weighted by Gasteiger charge is -2.18. The van der Waals surface area contributed by atoms with E-state index in [4.69, 9.17) is 0 Å². The lowest BCUT2D eigenvalue weighted by Crippen LogP contribution is -2.34. The Morgan fingerprint density at radius 3 is 2.80 bits per heavy atom. The lowest BCUT2D eigenvalue weighted by molar-refractivity contribution is -0.131. The van der Waals surface area contributed by atoms with Crippen molar-refractivity contribution in [2.45, 2.75) is 32.9 Å². The Bertz CT molecular complexity index is 359. The fraction of sp³-hybridized carbons (Fsp3) is 0.778. The Morgan fingerprint density at radius 1 is 1.67 bits per heavy atom. The summed E-state index contributed by atoms with van der Waals surface area (Å²) in [5.41, 5.74) is 0.269. The molecule has 1 fully saturated rings. The maximum Gasteiger partial charge on any atom is 0.244 e. The number of aromatic nitrogens is 4. The highest BCUT2D eigenvalue weighted by Crippen LogP contribution is 2.47. The average Bonchev–Trinajstić information content (AvgIpc) is 2.63. The highest BCUT2D eigenvalue weighted by atomic mass is 16.2. The van der Waals surface area contributed by atoms with E-state index in [1.807, 2.05) is 7.05 Å². The SMILES string of the molecule is CN(C(=O)Cn1cnnn1)C1CC1(C)C. The first-order chi connectivity index (χ1) is 7.00. The van der Waals surface area contributed by atoms with Crippen LogP contribution in [0.2, 0.25) is 0 Å². The van der Waals surface area contributed by atoms with Crippen LogP contribution in [-0.4, -0.2) is 44.1 Å². The van der Waals surface area contributed by atoms with Gasteiger partial charge in [0, 0.05) is 13.1 Å². The molecule has 15 heavy (non-hydrogen) atoms. The van der Waals surface area contributed by atoms with Gasteiger partial charge in [-0.2, -0.15) is 0 Å². The summed E-state index contributed by atoms with van der Waals surface area (Å²) in [4.78, 5) is 13.6. The summed E-state index contributed by atoms with van der Waals surface area (Å²) in [6, 6.07) is 0.362. The summed E-state index contributed by atoms with van der Waals surface area (Å²) in [7, 11) is 1.84. The molecule has 1 heterocycles. The summed E-state index contributed by atoms with van der Waals surface area (Å²) >= 11 is 0. The van der Waals surface area contributed by atoms with Crippen molar-refractivity contribution in [2.24, 2.45) is 5.41 Å². The molecule has 1 aromatic rings. The Kier molecular flexibility index (Phi) is 2.21. The van der Waals surface area contributed by atoms with Crippen molar-refractivity contribution in [3.63, 3.8) is 0 Å². The van der Waals surface area contributed by atoms with E-state index in [2.05, 4.69) is 29.4 Å². The molecule has 6 heteroatoms. The van der Waals surface area contributed by atoms with Crippen molar-refractivity contribution in [2.75, 3.05) is 7.05 Å². The van der Waals surface area contributed by atoms with E-state index in [0.29, 0.717) is 6.04 Å². The molecule has 0 saturated heterocycles. The summed E-state index contributed by atoms with van der Waals surface area (Å²) < 4.78 is 1.44. The molecule has 0 N–H and O–H groups in total. The summed E-state index contributed by atoms with van der Waals surface area (Å²) in [5.74, 6) is 0.0536. The van der Waals surface area contributed by atoms with E-state index < -0.39 is 0 Å². The number of nitrogens with zero attached hydrogens (tertiary/aromatic N) is 5. The van der Waals surface area contributed by atoms with Gasteiger partial charge in [-0.1, -0.05) is 13.8 Å². The van der Waals surface area contributed by atoms with Gasteiger partial charge in [-0.3, -0.25) is 4.79 Å².